The summed E-state index contributed by atoms with van der Waals surface area (Å²) in [6.45, 7) is 15.2. The van der Waals surface area contributed by atoms with Crippen molar-refractivity contribution in [2.75, 3.05) is 76.1 Å². The van der Waals surface area contributed by atoms with Crippen LogP contribution in [0.25, 0.3) is 0 Å². The third kappa shape index (κ3) is 7.12. The van der Waals surface area contributed by atoms with Crippen molar-refractivity contribution >= 4 is 11.6 Å². The van der Waals surface area contributed by atoms with E-state index in [4.69, 9.17) is 10.7 Å². The molecule has 2 aromatic rings. The maximum Gasteiger partial charge on any atom is 0.147 e. The van der Waals surface area contributed by atoms with E-state index in [-0.39, 0.29) is 18.6 Å². The van der Waals surface area contributed by atoms with Gasteiger partial charge in [0.1, 0.15) is 11.6 Å². The first kappa shape index (κ1) is 26.8. The van der Waals surface area contributed by atoms with E-state index < -0.39 is 0 Å². The van der Waals surface area contributed by atoms with Gasteiger partial charge in [0.2, 0.25) is 0 Å². The number of aromatic nitrogens is 4. The third-order valence-corrected chi connectivity index (χ3v) is 6.86. The molecule has 0 bridgehead atoms. The van der Waals surface area contributed by atoms with Gasteiger partial charge >= 0.3 is 0 Å². The van der Waals surface area contributed by atoms with Crippen LogP contribution in [-0.4, -0.2) is 95.2 Å². The molecular formula is C24H39N9V. The van der Waals surface area contributed by atoms with Gasteiger partial charge in [0.05, 0.1) is 35.2 Å². The number of nitrogens with two attached hydrogens (primary N) is 1. The maximum absolute atomic E-state index is 5.61. The molecule has 5 heterocycles. The Balaban J connectivity index is 0.000000193. The molecule has 10 heteroatoms. The molecule has 2 aromatic heterocycles. The van der Waals surface area contributed by atoms with Gasteiger partial charge in [0.15, 0.2) is 0 Å². The van der Waals surface area contributed by atoms with Gasteiger partial charge in [-0.25, -0.2) is 9.97 Å². The van der Waals surface area contributed by atoms with Crippen LogP contribution in [-0.2, 0) is 44.2 Å². The van der Waals surface area contributed by atoms with Crippen molar-refractivity contribution in [2.24, 2.45) is 0 Å². The molecule has 0 aliphatic carbocycles. The molecular weight excluding hydrogens is 465 g/mol. The van der Waals surface area contributed by atoms with Crippen LogP contribution in [0.3, 0.4) is 0 Å². The summed E-state index contributed by atoms with van der Waals surface area (Å²) in [5.74, 6) is 1.60. The molecule has 3 aliphatic heterocycles. The van der Waals surface area contributed by atoms with Crippen LogP contribution in [0.1, 0.15) is 36.6 Å². The first-order valence-electron chi connectivity index (χ1n) is 12.5. The van der Waals surface area contributed by atoms with Crippen molar-refractivity contribution in [3.05, 3.63) is 35.2 Å². The molecule has 5 rings (SSSR count). The molecule has 0 atom stereocenters. The Morgan fingerprint density at radius 1 is 0.735 bits per heavy atom. The van der Waals surface area contributed by atoms with E-state index in [1.54, 1.807) is 6.20 Å². The standard InChI is InChI=1S/C14H23N5.C10H16N4.V/c1-2-18-7-3-12-13(4-8-18)17-14(11-16-12)19-9-5-15-6-10-19;1-2-14-5-3-8-9(4-6-14)13-10(11)7-12-8;/h11,15H,2-10H2,1H3;7H,2-6H2,1H3,(H2,11,13);. The minimum absolute atomic E-state index is 0. The molecule has 3 aliphatic rings. The molecule has 0 spiro atoms. The fourth-order valence-electron chi connectivity index (χ4n) is 4.69. The maximum atomic E-state index is 5.61. The number of piperazine rings is 1. The van der Waals surface area contributed by atoms with Crippen LogP contribution in [0.4, 0.5) is 11.6 Å². The number of fused-ring (bicyclic) bond motifs is 2. The molecule has 0 aromatic carbocycles. The average Bonchev–Trinajstić information content (AvgIpc) is 3.20. The molecule has 9 nitrogen and oxygen atoms in total. The second-order valence-electron chi connectivity index (χ2n) is 8.92. The minimum Gasteiger partial charge on any atom is -0.382 e. The average molecular weight is 505 g/mol. The second kappa shape index (κ2) is 13.3. The zero-order valence-electron chi connectivity index (χ0n) is 20.7. The normalized spacial score (nSPS) is 18.9. The summed E-state index contributed by atoms with van der Waals surface area (Å²) in [6, 6.07) is 0. The SMILES string of the molecule is CCN1CCc2ncc(N)nc2CC1.CCN1CCc2ncc(N3CCNCC3)nc2CC1.[V]. The van der Waals surface area contributed by atoms with Gasteiger partial charge in [-0.3, -0.25) is 9.97 Å². The van der Waals surface area contributed by atoms with E-state index in [2.05, 4.69) is 48.8 Å². The number of rotatable bonds is 3. The minimum atomic E-state index is 0. The number of nitrogen functional groups attached to an aromatic ring is 1. The number of likely N-dealkylation sites (N-methyl/N-ethyl adjacent to an activating group) is 2. The topological polar surface area (TPSA) is 99.3 Å². The van der Waals surface area contributed by atoms with Crippen molar-refractivity contribution in [1.82, 2.24) is 35.1 Å². The predicted octanol–water partition coefficient (Wildman–Crippen LogP) is 0.784. The van der Waals surface area contributed by atoms with Crippen LogP contribution in [0.2, 0.25) is 0 Å². The summed E-state index contributed by atoms with van der Waals surface area (Å²) in [7, 11) is 0. The molecule has 185 valence electrons. The fourth-order valence-corrected chi connectivity index (χ4v) is 4.69. The Hall–Kier alpha value is -1.78. The number of nitrogens with zero attached hydrogens (tertiary/aromatic N) is 7. The molecule has 0 amide bonds. The quantitative estimate of drug-likeness (QED) is 0.628. The molecule has 3 N–H and O–H groups in total. The zero-order chi connectivity index (χ0) is 23.0. The summed E-state index contributed by atoms with van der Waals surface area (Å²) in [5, 5.41) is 3.37. The monoisotopic (exact) mass is 504 g/mol. The Morgan fingerprint density at radius 2 is 1.24 bits per heavy atom. The molecule has 0 saturated carbocycles. The third-order valence-electron chi connectivity index (χ3n) is 6.86. The van der Waals surface area contributed by atoms with Gasteiger partial charge in [-0.1, -0.05) is 13.8 Å². The van der Waals surface area contributed by atoms with E-state index in [0.29, 0.717) is 5.82 Å². The molecule has 0 unspecified atom stereocenters. The molecule has 34 heavy (non-hydrogen) atoms. The van der Waals surface area contributed by atoms with E-state index in [1.165, 1.54) is 11.4 Å². The van der Waals surface area contributed by atoms with Crippen molar-refractivity contribution in [3.63, 3.8) is 0 Å². The van der Waals surface area contributed by atoms with Crippen molar-refractivity contribution in [1.29, 1.82) is 0 Å². The van der Waals surface area contributed by atoms with Gasteiger partial charge in [-0.15, -0.1) is 0 Å². The number of hydrogen-bond donors (Lipinski definition) is 2. The Morgan fingerprint density at radius 3 is 1.79 bits per heavy atom. The van der Waals surface area contributed by atoms with E-state index in [9.17, 15) is 0 Å². The van der Waals surface area contributed by atoms with Gasteiger partial charge in [-0.2, -0.15) is 0 Å². The number of anilines is 2. The summed E-state index contributed by atoms with van der Waals surface area (Å²) in [5.41, 5.74) is 10.2. The van der Waals surface area contributed by atoms with Gasteiger partial charge in [0, 0.05) is 96.6 Å². The van der Waals surface area contributed by atoms with E-state index >= 15 is 0 Å². The number of nitrogens with one attached hydrogen (secondary N) is 1. The molecule has 1 fully saturated rings. The van der Waals surface area contributed by atoms with Gasteiger partial charge in [0.25, 0.3) is 0 Å². The van der Waals surface area contributed by atoms with E-state index in [0.717, 1.165) is 108 Å². The van der Waals surface area contributed by atoms with Crippen molar-refractivity contribution < 1.29 is 18.6 Å². The number of hydrogen-bond acceptors (Lipinski definition) is 9. The van der Waals surface area contributed by atoms with Gasteiger partial charge in [-0.05, 0) is 13.1 Å². The molecule has 1 saturated heterocycles. The van der Waals surface area contributed by atoms with Crippen LogP contribution in [0.5, 0.6) is 0 Å². The Kier molecular flexibility index (Phi) is 10.5. The predicted molar refractivity (Wildman–Crippen MR) is 133 cm³/mol. The van der Waals surface area contributed by atoms with Crippen LogP contribution < -0.4 is 16.0 Å². The zero-order valence-corrected chi connectivity index (χ0v) is 22.1. The Bertz CT molecular complexity index is 904. The molecule has 1 radical (unpaired) electrons. The van der Waals surface area contributed by atoms with Crippen LogP contribution in [0.15, 0.2) is 12.4 Å². The van der Waals surface area contributed by atoms with Crippen LogP contribution in [0, 0.1) is 0 Å². The first-order chi connectivity index (χ1) is 16.2. The Labute approximate surface area is 215 Å². The fraction of sp³-hybridized carbons (Fsp3) is 0.667. The summed E-state index contributed by atoms with van der Waals surface area (Å²) in [6.07, 6.45) is 7.66. The largest absolute Gasteiger partial charge is 0.382 e. The van der Waals surface area contributed by atoms with E-state index in [1.807, 2.05) is 6.20 Å². The van der Waals surface area contributed by atoms with Crippen molar-refractivity contribution in [3.8, 4) is 0 Å². The summed E-state index contributed by atoms with van der Waals surface area (Å²) < 4.78 is 0. The van der Waals surface area contributed by atoms with Gasteiger partial charge < -0.3 is 25.8 Å². The smallest absolute Gasteiger partial charge is 0.147 e. The van der Waals surface area contributed by atoms with Crippen LogP contribution >= 0.6 is 0 Å². The van der Waals surface area contributed by atoms with Crippen molar-refractivity contribution in [2.45, 2.75) is 39.5 Å². The summed E-state index contributed by atoms with van der Waals surface area (Å²) in [4.78, 5) is 25.4. The first-order valence-corrected chi connectivity index (χ1v) is 12.5. The summed E-state index contributed by atoms with van der Waals surface area (Å²) >= 11 is 0. The second-order valence-corrected chi connectivity index (χ2v) is 8.92.